The van der Waals surface area contributed by atoms with Crippen molar-refractivity contribution in [2.45, 2.75) is 13.8 Å². The van der Waals surface area contributed by atoms with Gasteiger partial charge in [0.05, 0.1) is 25.5 Å². The first-order valence-electron chi connectivity index (χ1n) is 7.06. The van der Waals surface area contributed by atoms with Crippen molar-refractivity contribution in [2.75, 3.05) is 14.2 Å². The number of nitrogens with zero attached hydrogens (tertiary/aromatic N) is 2. The Morgan fingerprint density at radius 2 is 1.78 bits per heavy atom. The van der Waals surface area contributed by atoms with Crippen molar-refractivity contribution in [3.8, 4) is 17.2 Å². The monoisotopic (exact) mass is 316 g/mol. The van der Waals surface area contributed by atoms with Crippen LogP contribution in [-0.2, 0) is 7.05 Å². The molecule has 0 fully saturated rings. The predicted molar refractivity (Wildman–Crippen MR) is 87.3 cm³/mol. The number of aromatic hydroxyl groups is 1. The largest absolute Gasteiger partial charge is 0.502 e. The second kappa shape index (κ2) is 6.56. The summed E-state index contributed by atoms with van der Waals surface area (Å²) >= 11 is 0. The first-order valence-corrected chi connectivity index (χ1v) is 7.06. The van der Waals surface area contributed by atoms with Gasteiger partial charge in [0.2, 0.25) is 5.75 Å². The number of phenols is 1. The molecule has 0 aliphatic carbocycles. The van der Waals surface area contributed by atoms with Crippen molar-refractivity contribution < 1.29 is 19.4 Å². The summed E-state index contributed by atoms with van der Waals surface area (Å²) in [5.74, 6) is 0.368. The van der Waals surface area contributed by atoms with Crippen LogP contribution < -0.4 is 9.47 Å². The van der Waals surface area contributed by atoms with Gasteiger partial charge in [-0.25, -0.2) is 0 Å². The Balaban J connectivity index is 2.35. The van der Waals surface area contributed by atoms with E-state index in [2.05, 4.69) is 5.10 Å². The van der Waals surface area contributed by atoms with Gasteiger partial charge in [0.25, 0.3) is 0 Å². The molecule has 1 aromatic heterocycles. The number of ketones is 1. The minimum absolute atomic E-state index is 0.0718. The smallest absolute Gasteiger partial charge is 0.200 e. The number of hydrogen-bond donors (Lipinski definition) is 1. The van der Waals surface area contributed by atoms with Gasteiger partial charge in [-0.2, -0.15) is 5.10 Å². The molecule has 0 aliphatic rings. The van der Waals surface area contributed by atoms with Crippen molar-refractivity contribution in [3.63, 3.8) is 0 Å². The number of carbonyl (C=O) groups is 1. The second-order valence-electron chi connectivity index (χ2n) is 5.14. The lowest BCUT2D eigenvalue weighted by molar-refractivity contribution is 0.104. The standard InChI is InChI=1S/C17H20N2O4/c1-10-16(11(2)19(3)18-10)13(20)7-6-12-8-14(22-4)17(21)15(9-12)23-5/h6-9,21H,1-5H3/b7-6+. The summed E-state index contributed by atoms with van der Waals surface area (Å²) in [6, 6.07) is 3.26. The topological polar surface area (TPSA) is 73.6 Å². The Morgan fingerprint density at radius 3 is 2.22 bits per heavy atom. The highest BCUT2D eigenvalue weighted by Crippen LogP contribution is 2.37. The lowest BCUT2D eigenvalue weighted by atomic mass is 10.1. The molecule has 0 bridgehead atoms. The van der Waals surface area contributed by atoms with Gasteiger partial charge in [-0.1, -0.05) is 6.08 Å². The Kier molecular flexibility index (Phi) is 4.74. The van der Waals surface area contributed by atoms with E-state index in [0.29, 0.717) is 16.8 Å². The highest BCUT2D eigenvalue weighted by molar-refractivity contribution is 6.08. The molecular weight excluding hydrogens is 296 g/mol. The normalized spacial score (nSPS) is 11.0. The van der Waals surface area contributed by atoms with Crippen LogP contribution in [0.5, 0.6) is 17.2 Å². The molecule has 0 saturated carbocycles. The molecule has 6 heteroatoms. The molecule has 2 rings (SSSR count). The van der Waals surface area contributed by atoms with E-state index in [1.165, 1.54) is 20.3 Å². The fraction of sp³-hybridized carbons (Fsp3) is 0.294. The highest BCUT2D eigenvalue weighted by atomic mass is 16.5. The number of carbonyl (C=O) groups excluding carboxylic acids is 1. The number of ether oxygens (including phenoxy) is 2. The average molecular weight is 316 g/mol. The van der Waals surface area contributed by atoms with Gasteiger partial charge in [0, 0.05) is 12.7 Å². The first kappa shape index (κ1) is 16.6. The van der Waals surface area contributed by atoms with Crippen LogP contribution in [0.2, 0.25) is 0 Å². The molecule has 0 unspecified atom stereocenters. The lowest BCUT2D eigenvalue weighted by Gasteiger charge is -2.09. The predicted octanol–water partition coefficient (Wildman–Crippen LogP) is 2.66. The highest BCUT2D eigenvalue weighted by Gasteiger charge is 2.15. The molecule has 0 spiro atoms. The summed E-state index contributed by atoms with van der Waals surface area (Å²) in [5, 5.41) is 14.1. The molecule has 0 radical (unpaired) electrons. The van der Waals surface area contributed by atoms with Crippen LogP contribution in [-0.4, -0.2) is 34.9 Å². The zero-order valence-corrected chi connectivity index (χ0v) is 13.9. The van der Waals surface area contributed by atoms with Crippen LogP contribution in [0.25, 0.3) is 6.08 Å². The van der Waals surface area contributed by atoms with Gasteiger partial charge >= 0.3 is 0 Å². The van der Waals surface area contributed by atoms with Crippen molar-refractivity contribution in [3.05, 3.63) is 40.7 Å². The third-order valence-corrected chi connectivity index (χ3v) is 3.68. The Labute approximate surface area is 135 Å². The summed E-state index contributed by atoms with van der Waals surface area (Å²) in [6.07, 6.45) is 3.13. The Hall–Kier alpha value is -2.76. The zero-order chi connectivity index (χ0) is 17.1. The molecule has 122 valence electrons. The third kappa shape index (κ3) is 3.21. The lowest BCUT2D eigenvalue weighted by Crippen LogP contribution is -1.99. The maximum atomic E-state index is 12.4. The van der Waals surface area contributed by atoms with E-state index in [4.69, 9.17) is 9.47 Å². The van der Waals surface area contributed by atoms with Crippen molar-refractivity contribution in [1.82, 2.24) is 9.78 Å². The van der Waals surface area contributed by atoms with Crippen molar-refractivity contribution in [2.24, 2.45) is 7.05 Å². The van der Waals surface area contributed by atoms with E-state index >= 15 is 0 Å². The molecule has 0 saturated heterocycles. The molecule has 23 heavy (non-hydrogen) atoms. The van der Waals surface area contributed by atoms with E-state index in [1.54, 1.807) is 36.9 Å². The maximum absolute atomic E-state index is 12.4. The number of rotatable bonds is 5. The maximum Gasteiger partial charge on any atom is 0.200 e. The third-order valence-electron chi connectivity index (χ3n) is 3.68. The molecular formula is C17H20N2O4. The van der Waals surface area contributed by atoms with E-state index in [0.717, 1.165) is 5.69 Å². The minimum atomic E-state index is -0.126. The summed E-state index contributed by atoms with van der Waals surface area (Å²) in [5.41, 5.74) is 2.80. The fourth-order valence-electron chi connectivity index (χ4n) is 2.40. The number of allylic oxidation sites excluding steroid dienone is 1. The van der Waals surface area contributed by atoms with Crippen molar-refractivity contribution >= 4 is 11.9 Å². The van der Waals surface area contributed by atoms with Gasteiger partial charge < -0.3 is 14.6 Å². The number of aromatic nitrogens is 2. The number of hydrogen-bond acceptors (Lipinski definition) is 5. The van der Waals surface area contributed by atoms with E-state index in [-0.39, 0.29) is 23.0 Å². The van der Waals surface area contributed by atoms with Gasteiger partial charge in [-0.05, 0) is 37.6 Å². The summed E-state index contributed by atoms with van der Waals surface area (Å²) < 4.78 is 11.9. The van der Waals surface area contributed by atoms with Crippen LogP contribution in [0, 0.1) is 13.8 Å². The molecule has 1 aromatic carbocycles. The molecule has 1 N–H and O–H groups in total. The Bertz CT molecular complexity index is 750. The molecule has 2 aromatic rings. The van der Waals surface area contributed by atoms with E-state index in [9.17, 15) is 9.90 Å². The van der Waals surface area contributed by atoms with Gasteiger partial charge in [-0.15, -0.1) is 0 Å². The van der Waals surface area contributed by atoms with Gasteiger partial charge in [0.15, 0.2) is 17.3 Å². The zero-order valence-electron chi connectivity index (χ0n) is 13.9. The average Bonchev–Trinajstić information content (AvgIpc) is 2.78. The van der Waals surface area contributed by atoms with Gasteiger partial charge in [0.1, 0.15) is 0 Å². The first-order chi connectivity index (χ1) is 10.9. The number of aryl methyl sites for hydroxylation is 2. The van der Waals surface area contributed by atoms with Gasteiger partial charge in [-0.3, -0.25) is 9.48 Å². The number of phenolic OH excluding ortho intramolecular Hbond substituents is 1. The second-order valence-corrected chi connectivity index (χ2v) is 5.14. The van der Waals surface area contributed by atoms with Crippen LogP contribution in [0.4, 0.5) is 0 Å². The molecule has 0 aliphatic heterocycles. The van der Waals surface area contributed by atoms with Crippen LogP contribution in [0.3, 0.4) is 0 Å². The fourth-order valence-corrected chi connectivity index (χ4v) is 2.40. The summed E-state index contributed by atoms with van der Waals surface area (Å²) in [7, 11) is 4.71. The van der Waals surface area contributed by atoms with Crippen LogP contribution in [0.1, 0.15) is 27.3 Å². The van der Waals surface area contributed by atoms with Crippen LogP contribution in [0.15, 0.2) is 18.2 Å². The van der Waals surface area contributed by atoms with Crippen LogP contribution >= 0.6 is 0 Å². The number of benzene rings is 1. The molecule has 0 amide bonds. The van der Waals surface area contributed by atoms with Crippen molar-refractivity contribution in [1.29, 1.82) is 0 Å². The quantitative estimate of drug-likeness (QED) is 0.678. The minimum Gasteiger partial charge on any atom is -0.502 e. The SMILES string of the molecule is COc1cc(/C=C/C(=O)c2c(C)nn(C)c2C)cc(OC)c1O. The molecule has 6 nitrogen and oxygen atoms in total. The molecule has 0 atom stereocenters. The van der Waals surface area contributed by atoms with E-state index < -0.39 is 0 Å². The Morgan fingerprint density at radius 1 is 1.22 bits per heavy atom. The van der Waals surface area contributed by atoms with E-state index in [1.807, 2.05) is 6.92 Å². The number of methoxy groups -OCH3 is 2. The summed E-state index contributed by atoms with van der Waals surface area (Å²) in [6.45, 7) is 3.66. The summed E-state index contributed by atoms with van der Waals surface area (Å²) in [4.78, 5) is 12.4. The molecule has 1 heterocycles.